The van der Waals surface area contributed by atoms with E-state index in [1.165, 1.54) is 10.4 Å². The quantitative estimate of drug-likeness (QED) is 0.735. The Morgan fingerprint density at radius 1 is 1.10 bits per heavy atom. The number of benzene rings is 2. The molecule has 6 nitrogen and oxygen atoms in total. The van der Waals surface area contributed by atoms with Gasteiger partial charge in [0.1, 0.15) is 5.75 Å². The summed E-state index contributed by atoms with van der Waals surface area (Å²) in [5.41, 5.74) is 1.25. The van der Waals surface area contributed by atoms with Gasteiger partial charge in [-0.15, -0.1) is 0 Å². The molecule has 2 aromatic rings. The molecule has 8 heteroatoms. The summed E-state index contributed by atoms with van der Waals surface area (Å²) in [6.07, 6.45) is 3.85. The number of aryl methyl sites for hydroxylation is 1. The van der Waals surface area contributed by atoms with Crippen molar-refractivity contribution in [3.05, 3.63) is 53.1 Å². The van der Waals surface area contributed by atoms with Crippen LogP contribution in [-0.4, -0.2) is 38.3 Å². The highest BCUT2D eigenvalue weighted by molar-refractivity contribution is 7.89. The zero-order valence-electron chi connectivity index (χ0n) is 16.4. The molecule has 1 aliphatic rings. The summed E-state index contributed by atoms with van der Waals surface area (Å²) in [5, 5.41) is 3.30. The van der Waals surface area contributed by atoms with Crippen molar-refractivity contribution in [2.75, 3.05) is 25.0 Å². The molecule has 156 valence electrons. The number of carbonyl (C=O) groups excluding carboxylic acids is 1. The first-order valence-electron chi connectivity index (χ1n) is 9.65. The molecule has 0 saturated carbocycles. The van der Waals surface area contributed by atoms with Gasteiger partial charge in [0.25, 0.3) is 5.91 Å². The number of carbonyl (C=O) groups is 1. The maximum Gasteiger partial charge on any atom is 0.262 e. The Balaban J connectivity index is 1.65. The molecule has 0 atom stereocenters. The van der Waals surface area contributed by atoms with Crippen LogP contribution in [0.5, 0.6) is 5.75 Å². The molecule has 0 aromatic heterocycles. The Morgan fingerprint density at radius 2 is 1.83 bits per heavy atom. The highest BCUT2D eigenvalue weighted by atomic mass is 35.5. The van der Waals surface area contributed by atoms with Gasteiger partial charge in [0.15, 0.2) is 6.61 Å². The highest BCUT2D eigenvalue weighted by Crippen LogP contribution is 2.24. The van der Waals surface area contributed by atoms with Crippen LogP contribution in [0.1, 0.15) is 31.2 Å². The summed E-state index contributed by atoms with van der Waals surface area (Å²) in [4.78, 5) is 12.4. The summed E-state index contributed by atoms with van der Waals surface area (Å²) in [5.74, 6) is 0.200. The number of hydrogen-bond acceptors (Lipinski definition) is 4. The van der Waals surface area contributed by atoms with Crippen LogP contribution in [0.2, 0.25) is 5.02 Å². The molecule has 2 aromatic carbocycles. The summed E-state index contributed by atoms with van der Waals surface area (Å²) in [6.45, 7) is 2.72. The lowest BCUT2D eigenvalue weighted by atomic mass is 10.2. The number of amides is 1. The lowest BCUT2D eigenvalue weighted by Crippen LogP contribution is -2.32. The van der Waals surface area contributed by atoms with Gasteiger partial charge >= 0.3 is 0 Å². The summed E-state index contributed by atoms with van der Waals surface area (Å²) in [7, 11) is -3.57. The topological polar surface area (TPSA) is 75.7 Å². The standard InChI is InChI=1S/C21H25ClN2O4S/c1-16-13-17(22)9-10-20(16)28-15-21(25)23-18-7-6-8-19(14-18)29(26,27)24-11-4-2-3-5-12-24/h6-10,13-14H,2-5,11-12,15H2,1H3,(H,23,25). The molecule has 1 N–H and O–H groups in total. The van der Waals surface area contributed by atoms with Crippen LogP contribution in [0.15, 0.2) is 47.4 Å². The van der Waals surface area contributed by atoms with Crippen molar-refractivity contribution in [3.8, 4) is 5.75 Å². The van der Waals surface area contributed by atoms with Crippen molar-refractivity contribution < 1.29 is 17.9 Å². The van der Waals surface area contributed by atoms with Crippen molar-refractivity contribution >= 4 is 33.2 Å². The van der Waals surface area contributed by atoms with E-state index < -0.39 is 10.0 Å². The minimum atomic E-state index is -3.57. The Bertz CT molecular complexity index is 970. The molecule has 1 fully saturated rings. The van der Waals surface area contributed by atoms with E-state index in [2.05, 4.69) is 5.32 Å². The molecular weight excluding hydrogens is 412 g/mol. The number of sulfonamides is 1. The van der Waals surface area contributed by atoms with E-state index in [1.54, 1.807) is 36.4 Å². The second kappa shape index (κ2) is 9.61. The van der Waals surface area contributed by atoms with Crippen molar-refractivity contribution in [1.29, 1.82) is 0 Å². The molecule has 3 rings (SSSR count). The minimum absolute atomic E-state index is 0.187. The van der Waals surface area contributed by atoms with Crippen LogP contribution in [0.3, 0.4) is 0 Å². The summed E-state index contributed by atoms with van der Waals surface area (Å²) in [6, 6.07) is 11.5. The first kappa shape index (κ1) is 21.6. The highest BCUT2D eigenvalue weighted by Gasteiger charge is 2.25. The largest absolute Gasteiger partial charge is 0.483 e. The first-order chi connectivity index (χ1) is 13.9. The van der Waals surface area contributed by atoms with Crippen molar-refractivity contribution in [2.45, 2.75) is 37.5 Å². The van der Waals surface area contributed by atoms with E-state index in [0.29, 0.717) is 29.5 Å². The zero-order chi connectivity index (χ0) is 20.9. The lowest BCUT2D eigenvalue weighted by Gasteiger charge is -2.20. The SMILES string of the molecule is Cc1cc(Cl)ccc1OCC(=O)Nc1cccc(S(=O)(=O)N2CCCCCC2)c1. The second-order valence-electron chi connectivity index (χ2n) is 7.09. The van der Waals surface area contributed by atoms with Gasteiger partial charge in [-0.25, -0.2) is 8.42 Å². The van der Waals surface area contributed by atoms with Crippen LogP contribution in [0.4, 0.5) is 5.69 Å². The third-order valence-corrected chi connectivity index (χ3v) is 6.95. The number of rotatable bonds is 6. The Morgan fingerprint density at radius 3 is 2.52 bits per heavy atom. The molecule has 0 unspecified atom stereocenters. The third-order valence-electron chi connectivity index (χ3n) is 4.82. The number of nitrogens with one attached hydrogen (secondary N) is 1. The first-order valence-corrected chi connectivity index (χ1v) is 11.5. The minimum Gasteiger partial charge on any atom is -0.483 e. The number of ether oxygens (including phenoxy) is 1. The number of nitrogens with zero attached hydrogens (tertiary/aromatic N) is 1. The molecule has 0 radical (unpaired) electrons. The monoisotopic (exact) mass is 436 g/mol. The molecular formula is C21H25ClN2O4S. The molecule has 0 spiro atoms. The molecule has 29 heavy (non-hydrogen) atoms. The van der Waals surface area contributed by atoms with Crippen LogP contribution in [-0.2, 0) is 14.8 Å². The van der Waals surface area contributed by atoms with Crippen molar-refractivity contribution in [3.63, 3.8) is 0 Å². The summed E-state index contributed by atoms with van der Waals surface area (Å²) >= 11 is 5.92. The molecule has 1 saturated heterocycles. The molecule has 1 amide bonds. The van der Waals surface area contributed by atoms with E-state index in [0.717, 1.165) is 31.2 Å². The fourth-order valence-electron chi connectivity index (χ4n) is 3.28. The van der Waals surface area contributed by atoms with Crippen molar-refractivity contribution in [2.24, 2.45) is 0 Å². The zero-order valence-corrected chi connectivity index (χ0v) is 17.9. The maximum absolute atomic E-state index is 12.9. The molecule has 0 bridgehead atoms. The van der Waals surface area contributed by atoms with Crippen LogP contribution in [0.25, 0.3) is 0 Å². The Labute approximate surface area is 176 Å². The average molecular weight is 437 g/mol. The normalized spacial score (nSPS) is 15.5. The molecule has 1 aliphatic heterocycles. The van der Waals surface area contributed by atoms with Gasteiger partial charge in [-0.05, 0) is 61.7 Å². The van der Waals surface area contributed by atoms with Gasteiger partial charge in [-0.3, -0.25) is 4.79 Å². The molecule has 1 heterocycles. The predicted octanol–water partition coefficient (Wildman–Crippen LogP) is 4.23. The van der Waals surface area contributed by atoms with E-state index in [4.69, 9.17) is 16.3 Å². The van der Waals surface area contributed by atoms with Crippen LogP contribution >= 0.6 is 11.6 Å². The summed E-state index contributed by atoms with van der Waals surface area (Å²) < 4.78 is 32.9. The van der Waals surface area contributed by atoms with Gasteiger partial charge in [0.2, 0.25) is 10.0 Å². The van der Waals surface area contributed by atoms with Crippen molar-refractivity contribution in [1.82, 2.24) is 4.31 Å². The Kier molecular flexibility index (Phi) is 7.16. The van der Waals surface area contributed by atoms with Gasteiger partial charge in [0, 0.05) is 23.8 Å². The molecule has 0 aliphatic carbocycles. The van der Waals surface area contributed by atoms with Gasteiger partial charge < -0.3 is 10.1 Å². The van der Waals surface area contributed by atoms with Gasteiger partial charge in [-0.1, -0.05) is 30.5 Å². The second-order valence-corrected chi connectivity index (χ2v) is 9.47. The van der Waals surface area contributed by atoms with Crippen LogP contribution in [0, 0.1) is 6.92 Å². The van der Waals surface area contributed by atoms with E-state index in [-0.39, 0.29) is 17.4 Å². The van der Waals surface area contributed by atoms with E-state index >= 15 is 0 Å². The predicted molar refractivity (Wildman–Crippen MR) is 114 cm³/mol. The van der Waals surface area contributed by atoms with Gasteiger partial charge in [0.05, 0.1) is 4.90 Å². The van der Waals surface area contributed by atoms with Crippen LogP contribution < -0.4 is 10.1 Å². The Hall–Kier alpha value is -2.09. The average Bonchev–Trinajstić information content (AvgIpc) is 2.97. The number of anilines is 1. The van der Waals surface area contributed by atoms with E-state index in [9.17, 15) is 13.2 Å². The number of halogens is 1. The smallest absolute Gasteiger partial charge is 0.262 e. The van der Waals surface area contributed by atoms with Gasteiger partial charge in [-0.2, -0.15) is 4.31 Å². The fraction of sp³-hybridized carbons (Fsp3) is 0.381. The maximum atomic E-state index is 12.9. The number of hydrogen-bond donors (Lipinski definition) is 1. The lowest BCUT2D eigenvalue weighted by molar-refractivity contribution is -0.118. The van der Waals surface area contributed by atoms with E-state index in [1.807, 2.05) is 6.92 Å². The fourth-order valence-corrected chi connectivity index (χ4v) is 5.07. The third kappa shape index (κ3) is 5.72.